The molecule has 2 aliphatic rings. The van der Waals surface area contributed by atoms with Crippen molar-refractivity contribution in [3.63, 3.8) is 0 Å². The topological polar surface area (TPSA) is 89.9 Å². The van der Waals surface area contributed by atoms with Crippen LogP contribution in [0.1, 0.15) is 23.3 Å². The van der Waals surface area contributed by atoms with Crippen molar-refractivity contribution < 1.29 is 19.8 Å². The van der Waals surface area contributed by atoms with Crippen molar-refractivity contribution in [1.29, 1.82) is 0 Å². The first-order chi connectivity index (χ1) is 10.5. The first-order valence-electron chi connectivity index (χ1n) is 7.49. The van der Waals surface area contributed by atoms with Crippen molar-refractivity contribution in [3.05, 3.63) is 21.9 Å². The molecule has 1 fully saturated rings. The lowest BCUT2D eigenvalue weighted by Crippen LogP contribution is -2.57. The van der Waals surface area contributed by atoms with E-state index >= 15 is 0 Å². The van der Waals surface area contributed by atoms with E-state index in [1.54, 1.807) is 11.3 Å². The fourth-order valence-corrected chi connectivity index (χ4v) is 4.12. The molecule has 1 aromatic heterocycles. The van der Waals surface area contributed by atoms with Gasteiger partial charge in [0.2, 0.25) is 5.91 Å². The number of carboxylic acids is 1. The Hall–Kier alpha value is -1.44. The third-order valence-corrected chi connectivity index (χ3v) is 5.54. The molecule has 22 heavy (non-hydrogen) atoms. The van der Waals surface area contributed by atoms with Gasteiger partial charge in [0.25, 0.3) is 0 Å². The molecule has 0 bridgehead atoms. The van der Waals surface area contributed by atoms with E-state index in [1.165, 1.54) is 10.4 Å². The summed E-state index contributed by atoms with van der Waals surface area (Å²) >= 11 is 1.77. The number of carbonyl (C=O) groups excluding carboxylic acids is 1. The van der Waals surface area contributed by atoms with E-state index in [-0.39, 0.29) is 24.3 Å². The van der Waals surface area contributed by atoms with Gasteiger partial charge in [-0.05, 0) is 29.9 Å². The summed E-state index contributed by atoms with van der Waals surface area (Å²) in [6.45, 7) is 1.98. The molecule has 0 aromatic carbocycles. The lowest BCUT2D eigenvalue weighted by molar-refractivity contribution is -0.143. The van der Waals surface area contributed by atoms with Gasteiger partial charge in [0.1, 0.15) is 0 Å². The van der Waals surface area contributed by atoms with E-state index in [9.17, 15) is 14.7 Å². The Morgan fingerprint density at radius 1 is 1.45 bits per heavy atom. The molecule has 3 atom stereocenters. The summed E-state index contributed by atoms with van der Waals surface area (Å²) < 4.78 is 0. The standard InChI is InChI=1S/C15H20N2O4S/c18-12-6-11(10(12)5-15(20)21)16-14(19)8-17-3-1-13-9(7-17)2-4-22-13/h2,4,10-12,18H,1,3,5-8H2,(H,16,19)(H,20,21)/t10-,11+,12-/m1/s1. The van der Waals surface area contributed by atoms with Gasteiger partial charge in [-0.3, -0.25) is 14.5 Å². The molecule has 0 radical (unpaired) electrons. The third-order valence-electron chi connectivity index (χ3n) is 4.52. The lowest BCUT2D eigenvalue weighted by Gasteiger charge is -2.41. The van der Waals surface area contributed by atoms with E-state index in [1.807, 2.05) is 0 Å². The van der Waals surface area contributed by atoms with Crippen molar-refractivity contribution >= 4 is 23.2 Å². The summed E-state index contributed by atoms with van der Waals surface area (Å²) in [5, 5.41) is 23.4. The minimum Gasteiger partial charge on any atom is -0.481 e. The van der Waals surface area contributed by atoms with Gasteiger partial charge in [-0.2, -0.15) is 0 Å². The summed E-state index contributed by atoms with van der Waals surface area (Å²) in [6, 6.07) is 1.88. The van der Waals surface area contributed by atoms with Crippen LogP contribution in [-0.2, 0) is 22.6 Å². The number of nitrogens with one attached hydrogen (secondary N) is 1. The van der Waals surface area contributed by atoms with Crippen molar-refractivity contribution in [1.82, 2.24) is 10.2 Å². The number of aliphatic carboxylic acids is 1. The number of rotatable bonds is 5. The van der Waals surface area contributed by atoms with Gasteiger partial charge in [0.15, 0.2) is 0 Å². The van der Waals surface area contributed by atoms with Crippen molar-refractivity contribution in [2.75, 3.05) is 13.1 Å². The van der Waals surface area contributed by atoms with Gasteiger partial charge in [0.05, 0.1) is 19.1 Å². The van der Waals surface area contributed by atoms with Crippen LogP contribution in [0.15, 0.2) is 11.4 Å². The van der Waals surface area contributed by atoms with Gasteiger partial charge in [-0.1, -0.05) is 0 Å². The molecule has 1 saturated carbocycles. The number of carboxylic acid groups (broad SMARTS) is 1. The molecular weight excluding hydrogens is 304 g/mol. The fraction of sp³-hybridized carbons (Fsp3) is 0.600. The lowest BCUT2D eigenvalue weighted by atomic mass is 9.74. The number of thiophene rings is 1. The molecule has 1 aliphatic carbocycles. The molecule has 120 valence electrons. The molecular formula is C15H20N2O4S. The molecule has 0 unspecified atom stereocenters. The first-order valence-corrected chi connectivity index (χ1v) is 8.37. The molecule has 0 saturated heterocycles. The Kier molecular flexibility index (Phi) is 4.46. The van der Waals surface area contributed by atoms with Crippen LogP contribution in [0.3, 0.4) is 0 Å². The number of hydrogen-bond donors (Lipinski definition) is 3. The van der Waals surface area contributed by atoms with Crippen LogP contribution in [0, 0.1) is 5.92 Å². The largest absolute Gasteiger partial charge is 0.481 e. The van der Waals surface area contributed by atoms with Crippen LogP contribution in [0.4, 0.5) is 0 Å². The van der Waals surface area contributed by atoms with Crippen molar-refractivity contribution in [3.8, 4) is 0 Å². The average Bonchev–Trinajstić information content (AvgIpc) is 2.92. The maximum atomic E-state index is 12.1. The number of amides is 1. The van der Waals surface area contributed by atoms with Gasteiger partial charge in [-0.15, -0.1) is 11.3 Å². The number of aliphatic hydroxyl groups excluding tert-OH is 1. The summed E-state index contributed by atoms with van der Waals surface area (Å²) in [6.07, 6.45) is 0.695. The molecule has 6 nitrogen and oxygen atoms in total. The van der Waals surface area contributed by atoms with Crippen LogP contribution in [0.2, 0.25) is 0 Å². The van der Waals surface area contributed by atoms with Crippen LogP contribution in [-0.4, -0.2) is 52.2 Å². The Labute approximate surface area is 132 Å². The quantitative estimate of drug-likeness (QED) is 0.731. The molecule has 0 spiro atoms. The van der Waals surface area contributed by atoms with Gasteiger partial charge in [-0.25, -0.2) is 0 Å². The second-order valence-corrected chi connectivity index (χ2v) is 7.07. The predicted octanol–water partition coefficient (Wildman–Crippen LogP) is 0.446. The fourth-order valence-electron chi connectivity index (χ4n) is 3.23. The molecule has 1 aromatic rings. The van der Waals surface area contributed by atoms with E-state index in [2.05, 4.69) is 21.7 Å². The highest BCUT2D eigenvalue weighted by Crippen LogP contribution is 2.31. The number of hydrogen-bond acceptors (Lipinski definition) is 5. The monoisotopic (exact) mass is 324 g/mol. The predicted molar refractivity (Wildman–Crippen MR) is 81.6 cm³/mol. The summed E-state index contributed by atoms with van der Waals surface area (Å²) in [4.78, 5) is 26.4. The van der Waals surface area contributed by atoms with E-state index in [0.717, 1.165) is 19.5 Å². The zero-order valence-electron chi connectivity index (χ0n) is 12.2. The molecule has 3 rings (SSSR count). The molecule has 1 amide bonds. The minimum absolute atomic E-state index is 0.0917. The van der Waals surface area contributed by atoms with Crippen LogP contribution < -0.4 is 5.32 Å². The van der Waals surface area contributed by atoms with Crippen LogP contribution in [0.5, 0.6) is 0 Å². The average molecular weight is 324 g/mol. The Balaban J connectivity index is 1.48. The molecule has 3 N–H and O–H groups in total. The summed E-state index contributed by atoms with van der Waals surface area (Å²) in [5.41, 5.74) is 1.30. The number of fused-ring (bicyclic) bond motifs is 1. The van der Waals surface area contributed by atoms with E-state index < -0.39 is 12.1 Å². The van der Waals surface area contributed by atoms with Crippen molar-refractivity contribution in [2.24, 2.45) is 5.92 Å². The summed E-state index contributed by atoms with van der Waals surface area (Å²) in [5.74, 6) is -1.40. The second-order valence-electron chi connectivity index (χ2n) is 6.07. The molecule has 2 heterocycles. The molecule has 7 heteroatoms. The number of nitrogens with zero attached hydrogens (tertiary/aromatic N) is 1. The maximum absolute atomic E-state index is 12.1. The smallest absolute Gasteiger partial charge is 0.303 e. The Morgan fingerprint density at radius 2 is 2.27 bits per heavy atom. The van der Waals surface area contributed by atoms with E-state index in [0.29, 0.717) is 13.0 Å². The highest BCUT2D eigenvalue weighted by atomic mass is 32.1. The van der Waals surface area contributed by atoms with Crippen molar-refractivity contribution in [2.45, 2.75) is 38.0 Å². The summed E-state index contributed by atoms with van der Waals surface area (Å²) in [7, 11) is 0. The van der Waals surface area contributed by atoms with Gasteiger partial charge >= 0.3 is 5.97 Å². The number of carbonyl (C=O) groups is 2. The van der Waals surface area contributed by atoms with Gasteiger partial charge in [0, 0.05) is 29.9 Å². The zero-order valence-corrected chi connectivity index (χ0v) is 13.0. The SMILES string of the molecule is O=C(O)C[C@H]1[C@H](O)C[C@@H]1NC(=O)CN1CCc2sccc2C1. The van der Waals surface area contributed by atoms with Crippen LogP contribution in [0.25, 0.3) is 0 Å². The Bertz CT molecular complexity index is 574. The first kappa shape index (κ1) is 15.5. The third kappa shape index (κ3) is 3.31. The highest BCUT2D eigenvalue weighted by molar-refractivity contribution is 7.10. The maximum Gasteiger partial charge on any atom is 0.303 e. The normalized spacial score (nSPS) is 27.8. The molecule has 1 aliphatic heterocycles. The van der Waals surface area contributed by atoms with Crippen LogP contribution >= 0.6 is 11.3 Å². The van der Waals surface area contributed by atoms with E-state index in [4.69, 9.17) is 5.11 Å². The van der Waals surface area contributed by atoms with Gasteiger partial charge < -0.3 is 15.5 Å². The second kappa shape index (κ2) is 6.36. The number of aliphatic hydroxyl groups is 1. The zero-order chi connectivity index (χ0) is 15.7. The Morgan fingerprint density at radius 3 is 3.00 bits per heavy atom. The minimum atomic E-state index is -0.941. The highest BCUT2D eigenvalue weighted by Gasteiger charge is 2.42.